The molecule has 1 aliphatic rings. The van der Waals surface area contributed by atoms with E-state index in [1.54, 1.807) is 7.11 Å². The molecular formula is C13H21N3O2. The Morgan fingerprint density at radius 1 is 1.28 bits per heavy atom. The minimum absolute atomic E-state index is 0.234. The van der Waals surface area contributed by atoms with Gasteiger partial charge in [-0.25, -0.2) is 0 Å². The summed E-state index contributed by atoms with van der Waals surface area (Å²) in [7, 11) is 1.64. The average molecular weight is 251 g/mol. The molecule has 2 rings (SSSR count). The molecule has 2 heterocycles. The molecule has 100 valence electrons. The van der Waals surface area contributed by atoms with Crippen molar-refractivity contribution >= 4 is 5.82 Å². The molecule has 0 bridgehead atoms. The first kappa shape index (κ1) is 13.1. The summed E-state index contributed by atoms with van der Waals surface area (Å²) in [5, 5.41) is 8.98. The molecular weight excluding hydrogens is 230 g/mol. The molecule has 0 radical (unpaired) electrons. The standard InChI is InChI=1S/C13H21N3O2/c1-18-13-5-2-4-12(14-13)16-7-3-6-15(8-9-16)10-11-17/h2,4-5,17H,3,6-11H2,1H3. The molecule has 0 saturated carbocycles. The van der Waals surface area contributed by atoms with Crippen LogP contribution in [0.4, 0.5) is 5.82 Å². The average Bonchev–Trinajstić information content (AvgIpc) is 2.65. The predicted octanol–water partition coefficient (Wildman–Crippen LogP) is 0.595. The number of β-amino-alcohol motifs (C(OH)–C–C–N with tert-alkyl or cyclic N) is 1. The molecule has 1 aliphatic heterocycles. The highest BCUT2D eigenvalue weighted by Crippen LogP contribution is 2.17. The van der Waals surface area contributed by atoms with Crippen LogP contribution in [0.2, 0.25) is 0 Å². The van der Waals surface area contributed by atoms with E-state index < -0.39 is 0 Å². The van der Waals surface area contributed by atoms with E-state index in [1.165, 1.54) is 0 Å². The van der Waals surface area contributed by atoms with Gasteiger partial charge in [0.15, 0.2) is 0 Å². The van der Waals surface area contributed by atoms with E-state index in [0.29, 0.717) is 5.88 Å². The van der Waals surface area contributed by atoms with Gasteiger partial charge in [0.1, 0.15) is 5.82 Å². The Morgan fingerprint density at radius 2 is 2.17 bits per heavy atom. The highest BCUT2D eigenvalue weighted by molar-refractivity contribution is 5.40. The van der Waals surface area contributed by atoms with Gasteiger partial charge < -0.3 is 14.7 Å². The van der Waals surface area contributed by atoms with Gasteiger partial charge in [0.2, 0.25) is 5.88 Å². The zero-order chi connectivity index (χ0) is 12.8. The lowest BCUT2D eigenvalue weighted by Crippen LogP contribution is -2.32. The molecule has 1 aromatic heterocycles. The number of nitrogens with zero attached hydrogens (tertiary/aromatic N) is 3. The van der Waals surface area contributed by atoms with E-state index in [9.17, 15) is 0 Å². The molecule has 1 fully saturated rings. The van der Waals surface area contributed by atoms with Crippen molar-refractivity contribution in [2.75, 3.05) is 51.3 Å². The summed E-state index contributed by atoms with van der Waals surface area (Å²) in [4.78, 5) is 9.03. The topological polar surface area (TPSA) is 48.8 Å². The molecule has 5 heteroatoms. The summed E-state index contributed by atoms with van der Waals surface area (Å²) in [6.07, 6.45) is 1.10. The van der Waals surface area contributed by atoms with Gasteiger partial charge in [0.25, 0.3) is 0 Å². The van der Waals surface area contributed by atoms with Gasteiger partial charge in [0.05, 0.1) is 13.7 Å². The van der Waals surface area contributed by atoms with Crippen molar-refractivity contribution in [2.45, 2.75) is 6.42 Å². The molecule has 0 unspecified atom stereocenters. The van der Waals surface area contributed by atoms with Crippen LogP contribution in [-0.2, 0) is 0 Å². The third kappa shape index (κ3) is 3.34. The molecule has 0 spiro atoms. The molecule has 1 aromatic rings. The van der Waals surface area contributed by atoms with E-state index in [2.05, 4.69) is 14.8 Å². The summed E-state index contributed by atoms with van der Waals surface area (Å²) in [6, 6.07) is 5.85. The van der Waals surface area contributed by atoms with Crippen LogP contribution in [0.1, 0.15) is 6.42 Å². The minimum Gasteiger partial charge on any atom is -0.481 e. The number of methoxy groups -OCH3 is 1. The largest absolute Gasteiger partial charge is 0.481 e. The molecule has 18 heavy (non-hydrogen) atoms. The van der Waals surface area contributed by atoms with E-state index in [1.807, 2.05) is 18.2 Å². The SMILES string of the molecule is COc1cccc(N2CCCN(CCO)CC2)n1. The van der Waals surface area contributed by atoms with Crippen molar-refractivity contribution < 1.29 is 9.84 Å². The van der Waals surface area contributed by atoms with Crippen LogP contribution < -0.4 is 9.64 Å². The second kappa shape index (κ2) is 6.56. The second-order valence-electron chi connectivity index (χ2n) is 4.44. The van der Waals surface area contributed by atoms with E-state index in [-0.39, 0.29) is 6.61 Å². The lowest BCUT2D eigenvalue weighted by atomic mass is 10.3. The summed E-state index contributed by atoms with van der Waals surface area (Å²) in [5.74, 6) is 1.63. The van der Waals surface area contributed by atoms with Crippen LogP contribution >= 0.6 is 0 Å². The molecule has 1 N–H and O–H groups in total. The first-order valence-electron chi connectivity index (χ1n) is 6.42. The molecule has 0 aromatic carbocycles. The minimum atomic E-state index is 0.234. The fourth-order valence-corrected chi connectivity index (χ4v) is 2.26. The van der Waals surface area contributed by atoms with Crippen molar-refractivity contribution in [1.82, 2.24) is 9.88 Å². The zero-order valence-corrected chi connectivity index (χ0v) is 10.9. The molecule has 0 amide bonds. The van der Waals surface area contributed by atoms with Gasteiger partial charge in [-0.2, -0.15) is 4.98 Å². The van der Waals surface area contributed by atoms with Crippen molar-refractivity contribution in [1.29, 1.82) is 0 Å². The number of hydrogen-bond donors (Lipinski definition) is 1. The Balaban J connectivity index is 2.00. The summed E-state index contributed by atoms with van der Waals surface area (Å²) in [6.45, 7) is 4.96. The summed E-state index contributed by atoms with van der Waals surface area (Å²) >= 11 is 0. The number of aliphatic hydroxyl groups is 1. The van der Waals surface area contributed by atoms with Crippen LogP contribution in [-0.4, -0.2) is 61.4 Å². The highest BCUT2D eigenvalue weighted by Gasteiger charge is 2.15. The molecule has 0 aliphatic carbocycles. The third-order valence-electron chi connectivity index (χ3n) is 3.25. The Morgan fingerprint density at radius 3 is 2.94 bits per heavy atom. The normalized spacial score (nSPS) is 17.6. The van der Waals surface area contributed by atoms with Gasteiger partial charge in [-0.3, -0.25) is 4.90 Å². The third-order valence-corrected chi connectivity index (χ3v) is 3.25. The Labute approximate surface area is 108 Å². The van der Waals surface area contributed by atoms with Crippen molar-refractivity contribution in [3.63, 3.8) is 0 Å². The van der Waals surface area contributed by atoms with Crippen LogP contribution in [0, 0.1) is 0 Å². The van der Waals surface area contributed by atoms with Gasteiger partial charge in [-0.15, -0.1) is 0 Å². The second-order valence-corrected chi connectivity index (χ2v) is 4.44. The van der Waals surface area contributed by atoms with Gasteiger partial charge in [-0.05, 0) is 19.0 Å². The first-order valence-corrected chi connectivity index (χ1v) is 6.42. The van der Waals surface area contributed by atoms with Crippen molar-refractivity contribution in [2.24, 2.45) is 0 Å². The number of anilines is 1. The van der Waals surface area contributed by atoms with E-state index in [0.717, 1.165) is 45.0 Å². The maximum atomic E-state index is 8.98. The highest BCUT2D eigenvalue weighted by atomic mass is 16.5. The first-order chi connectivity index (χ1) is 8.83. The maximum Gasteiger partial charge on any atom is 0.214 e. The lowest BCUT2D eigenvalue weighted by Gasteiger charge is -2.22. The number of aliphatic hydroxyl groups excluding tert-OH is 1. The number of ether oxygens (including phenoxy) is 1. The fraction of sp³-hybridized carbons (Fsp3) is 0.615. The van der Waals surface area contributed by atoms with E-state index in [4.69, 9.17) is 9.84 Å². The van der Waals surface area contributed by atoms with Crippen molar-refractivity contribution in [3.05, 3.63) is 18.2 Å². The zero-order valence-electron chi connectivity index (χ0n) is 10.9. The summed E-state index contributed by atoms with van der Waals surface area (Å²) in [5.41, 5.74) is 0. The van der Waals surface area contributed by atoms with E-state index >= 15 is 0 Å². The number of hydrogen-bond acceptors (Lipinski definition) is 5. The Kier molecular flexibility index (Phi) is 4.78. The molecule has 5 nitrogen and oxygen atoms in total. The van der Waals surface area contributed by atoms with Crippen LogP contribution in [0.3, 0.4) is 0 Å². The number of aromatic nitrogens is 1. The number of pyridine rings is 1. The smallest absolute Gasteiger partial charge is 0.214 e. The number of rotatable bonds is 4. The fourth-order valence-electron chi connectivity index (χ4n) is 2.26. The molecule has 0 atom stereocenters. The Hall–Kier alpha value is -1.33. The van der Waals surface area contributed by atoms with Gasteiger partial charge in [0, 0.05) is 32.2 Å². The van der Waals surface area contributed by atoms with Gasteiger partial charge >= 0.3 is 0 Å². The van der Waals surface area contributed by atoms with Crippen LogP contribution in [0.15, 0.2) is 18.2 Å². The lowest BCUT2D eigenvalue weighted by molar-refractivity contribution is 0.204. The molecule has 1 saturated heterocycles. The van der Waals surface area contributed by atoms with Crippen molar-refractivity contribution in [3.8, 4) is 5.88 Å². The van der Waals surface area contributed by atoms with Crippen LogP contribution in [0.25, 0.3) is 0 Å². The Bertz CT molecular complexity index is 373. The quantitative estimate of drug-likeness (QED) is 0.849. The maximum absolute atomic E-state index is 8.98. The van der Waals surface area contributed by atoms with Crippen LogP contribution in [0.5, 0.6) is 5.88 Å². The monoisotopic (exact) mass is 251 g/mol. The summed E-state index contributed by atoms with van der Waals surface area (Å²) < 4.78 is 5.16. The van der Waals surface area contributed by atoms with Gasteiger partial charge in [-0.1, -0.05) is 6.07 Å². The predicted molar refractivity (Wildman–Crippen MR) is 71.1 cm³/mol.